The van der Waals surface area contributed by atoms with E-state index in [1.54, 1.807) is 12.1 Å². The second kappa shape index (κ2) is 8.56. The first-order valence-electron chi connectivity index (χ1n) is 7.08. The second-order valence-electron chi connectivity index (χ2n) is 4.48. The van der Waals surface area contributed by atoms with Crippen LogP contribution < -0.4 is 10.1 Å². The highest BCUT2D eigenvalue weighted by atomic mass is 79.9. The Hall–Kier alpha value is -1.85. The minimum atomic E-state index is -0.209. The van der Waals surface area contributed by atoms with Crippen LogP contribution in [0, 0.1) is 0 Å². The van der Waals surface area contributed by atoms with E-state index in [0.717, 1.165) is 10.2 Å². The Balaban J connectivity index is 2.07. The molecular weight excluding hydrogens is 346 g/mol. The molecule has 5 heteroatoms. The summed E-state index contributed by atoms with van der Waals surface area (Å²) in [6.45, 7) is 3.48. The van der Waals surface area contributed by atoms with Crippen LogP contribution in [0.25, 0.3) is 0 Å². The van der Waals surface area contributed by atoms with Gasteiger partial charge in [0.1, 0.15) is 12.4 Å². The van der Waals surface area contributed by atoms with Crippen LogP contribution in [0.15, 0.2) is 53.0 Å². The molecule has 0 saturated heterocycles. The van der Waals surface area contributed by atoms with Crippen LogP contribution in [0.4, 0.5) is 5.69 Å². The lowest BCUT2D eigenvalue weighted by Crippen LogP contribution is -2.15. The molecule has 116 valence electrons. The average molecular weight is 364 g/mol. The third kappa shape index (κ3) is 4.58. The number of halogens is 1. The Kier molecular flexibility index (Phi) is 6.43. The maximum absolute atomic E-state index is 12.4. The van der Waals surface area contributed by atoms with Crippen LogP contribution in [0.1, 0.15) is 17.3 Å². The van der Waals surface area contributed by atoms with Crippen molar-refractivity contribution in [2.24, 2.45) is 0 Å². The van der Waals surface area contributed by atoms with Crippen LogP contribution in [0.3, 0.4) is 0 Å². The molecule has 0 aliphatic rings. The van der Waals surface area contributed by atoms with Crippen LogP contribution >= 0.6 is 15.9 Å². The first kappa shape index (κ1) is 16.5. The van der Waals surface area contributed by atoms with Gasteiger partial charge < -0.3 is 14.8 Å². The molecule has 0 atom stereocenters. The van der Waals surface area contributed by atoms with E-state index < -0.39 is 0 Å². The molecule has 2 aromatic rings. The number of hydrogen-bond acceptors (Lipinski definition) is 3. The van der Waals surface area contributed by atoms with Crippen molar-refractivity contribution >= 4 is 27.5 Å². The topological polar surface area (TPSA) is 47.6 Å². The number of benzene rings is 2. The van der Waals surface area contributed by atoms with Crippen molar-refractivity contribution in [1.29, 1.82) is 0 Å². The van der Waals surface area contributed by atoms with E-state index in [9.17, 15) is 4.79 Å². The molecule has 0 saturated carbocycles. The van der Waals surface area contributed by atoms with Gasteiger partial charge in [0.15, 0.2) is 0 Å². The number of para-hydroxylation sites is 2. The fourth-order valence-electron chi connectivity index (χ4n) is 1.89. The number of rotatable bonds is 7. The summed E-state index contributed by atoms with van der Waals surface area (Å²) in [4.78, 5) is 12.4. The summed E-state index contributed by atoms with van der Waals surface area (Å²) in [5.74, 6) is 0.339. The lowest BCUT2D eigenvalue weighted by atomic mass is 10.2. The number of anilines is 1. The molecule has 0 aromatic heterocycles. The van der Waals surface area contributed by atoms with Gasteiger partial charge in [0, 0.05) is 11.1 Å². The SMILES string of the molecule is CCOCCOc1ccccc1C(=O)Nc1ccccc1Br. The highest BCUT2D eigenvalue weighted by Gasteiger charge is 2.13. The number of carbonyl (C=O) groups is 1. The summed E-state index contributed by atoms with van der Waals surface area (Å²) >= 11 is 3.41. The zero-order valence-corrected chi connectivity index (χ0v) is 13.9. The van der Waals surface area contributed by atoms with Gasteiger partial charge in [-0.2, -0.15) is 0 Å². The van der Waals surface area contributed by atoms with Gasteiger partial charge in [-0.15, -0.1) is 0 Å². The van der Waals surface area contributed by atoms with E-state index in [1.807, 2.05) is 43.3 Å². The fourth-order valence-corrected chi connectivity index (χ4v) is 2.27. The van der Waals surface area contributed by atoms with Crippen LogP contribution in [-0.4, -0.2) is 25.7 Å². The van der Waals surface area contributed by atoms with Crippen molar-refractivity contribution in [2.45, 2.75) is 6.92 Å². The summed E-state index contributed by atoms with van der Waals surface area (Å²) in [6.07, 6.45) is 0. The van der Waals surface area contributed by atoms with E-state index in [-0.39, 0.29) is 5.91 Å². The zero-order valence-electron chi connectivity index (χ0n) is 12.3. The molecule has 0 fully saturated rings. The molecule has 0 bridgehead atoms. The molecule has 4 nitrogen and oxygen atoms in total. The third-order valence-corrected chi connectivity index (χ3v) is 3.63. The molecule has 0 radical (unpaired) electrons. The van der Waals surface area contributed by atoms with E-state index in [1.165, 1.54) is 0 Å². The van der Waals surface area contributed by atoms with Gasteiger partial charge in [-0.05, 0) is 47.1 Å². The number of hydrogen-bond donors (Lipinski definition) is 1. The molecule has 1 N–H and O–H groups in total. The van der Waals surface area contributed by atoms with E-state index >= 15 is 0 Å². The highest BCUT2D eigenvalue weighted by molar-refractivity contribution is 9.10. The largest absolute Gasteiger partial charge is 0.490 e. The van der Waals surface area contributed by atoms with Gasteiger partial charge in [-0.25, -0.2) is 0 Å². The quantitative estimate of drug-likeness (QED) is 0.752. The summed E-state index contributed by atoms with van der Waals surface area (Å²) in [6, 6.07) is 14.6. The Morgan fingerprint density at radius 3 is 2.59 bits per heavy atom. The Morgan fingerprint density at radius 2 is 1.82 bits per heavy atom. The van der Waals surface area contributed by atoms with E-state index in [2.05, 4.69) is 21.2 Å². The highest BCUT2D eigenvalue weighted by Crippen LogP contribution is 2.24. The lowest BCUT2D eigenvalue weighted by molar-refractivity contribution is 0.0998. The molecule has 22 heavy (non-hydrogen) atoms. The molecule has 2 rings (SSSR count). The zero-order chi connectivity index (χ0) is 15.8. The number of carbonyl (C=O) groups excluding carboxylic acids is 1. The minimum Gasteiger partial charge on any atom is -0.490 e. The normalized spacial score (nSPS) is 10.3. The predicted molar refractivity (Wildman–Crippen MR) is 90.5 cm³/mol. The van der Waals surface area contributed by atoms with Gasteiger partial charge in [0.2, 0.25) is 0 Å². The molecule has 0 aliphatic heterocycles. The van der Waals surface area contributed by atoms with Crippen LogP contribution in [-0.2, 0) is 4.74 Å². The van der Waals surface area contributed by atoms with Gasteiger partial charge in [-0.3, -0.25) is 4.79 Å². The lowest BCUT2D eigenvalue weighted by Gasteiger charge is -2.12. The molecule has 1 amide bonds. The molecule has 0 unspecified atom stereocenters. The van der Waals surface area contributed by atoms with Crippen molar-refractivity contribution in [2.75, 3.05) is 25.1 Å². The van der Waals surface area contributed by atoms with Gasteiger partial charge in [0.05, 0.1) is 17.9 Å². The first-order chi connectivity index (χ1) is 10.7. The van der Waals surface area contributed by atoms with Gasteiger partial charge in [-0.1, -0.05) is 24.3 Å². The Morgan fingerprint density at radius 1 is 1.09 bits per heavy atom. The molecule has 0 aliphatic carbocycles. The van der Waals surface area contributed by atoms with Crippen LogP contribution in [0.5, 0.6) is 5.75 Å². The average Bonchev–Trinajstić information content (AvgIpc) is 2.54. The van der Waals surface area contributed by atoms with Crippen molar-refractivity contribution < 1.29 is 14.3 Å². The third-order valence-electron chi connectivity index (χ3n) is 2.94. The smallest absolute Gasteiger partial charge is 0.259 e. The van der Waals surface area contributed by atoms with Crippen molar-refractivity contribution in [3.63, 3.8) is 0 Å². The van der Waals surface area contributed by atoms with Crippen molar-refractivity contribution in [3.8, 4) is 5.75 Å². The summed E-state index contributed by atoms with van der Waals surface area (Å²) in [5.41, 5.74) is 1.21. The summed E-state index contributed by atoms with van der Waals surface area (Å²) in [7, 11) is 0. The summed E-state index contributed by atoms with van der Waals surface area (Å²) < 4.78 is 11.7. The van der Waals surface area contributed by atoms with Crippen LogP contribution in [0.2, 0.25) is 0 Å². The summed E-state index contributed by atoms with van der Waals surface area (Å²) in [5, 5.41) is 2.87. The Bertz CT molecular complexity index is 631. The minimum absolute atomic E-state index is 0.209. The standard InChI is InChI=1S/C17H18BrNO3/c1-2-21-11-12-22-16-10-6-3-7-13(16)17(20)19-15-9-5-4-8-14(15)18/h3-10H,2,11-12H2,1H3,(H,19,20). The van der Waals surface area contributed by atoms with Gasteiger partial charge >= 0.3 is 0 Å². The van der Waals surface area contributed by atoms with E-state index in [4.69, 9.17) is 9.47 Å². The molecule has 0 heterocycles. The van der Waals surface area contributed by atoms with Crippen molar-refractivity contribution in [1.82, 2.24) is 0 Å². The van der Waals surface area contributed by atoms with Gasteiger partial charge in [0.25, 0.3) is 5.91 Å². The maximum Gasteiger partial charge on any atom is 0.259 e. The second-order valence-corrected chi connectivity index (χ2v) is 5.33. The predicted octanol–water partition coefficient (Wildman–Crippen LogP) is 4.12. The van der Waals surface area contributed by atoms with Crippen molar-refractivity contribution in [3.05, 3.63) is 58.6 Å². The number of amides is 1. The molecule has 0 spiro atoms. The fraction of sp³-hybridized carbons (Fsp3) is 0.235. The molecule has 2 aromatic carbocycles. The van der Waals surface area contributed by atoms with E-state index in [0.29, 0.717) is 31.1 Å². The Labute approximate surface area is 138 Å². The number of nitrogens with one attached hydrogen (secondary N) is 1. The first-order valence-corrected chi connectivity index (χ1v) is 7.87. The molecular formula is C17H18BrNO3. The maximum atomic E-state index is 12.4. The number of ether oxygens (including phenoxy) is 2. The monoisotopic (exact) mass is 363 g/mol.